The molecule has 176 valence electrons. The summed E-state index contributed by atoms with van der Waals surface area (Å²) in [5.41, 5.74) is 7.53. The number of amides is 1. The first-order valence-electron chi connectivity index (χ1n) is 11.4. The van der Waals surface area contributed by atoms with Crippen molar-refractivity contribution in [2.75, 3.05) is 11.1 Å². The number of benzene rings is 3. The van der Waals surface area contributed by atoms with Crippen LogP contribution in [0.1, 0.15) is 22.3 Å². The van der Waals surface area contributed by atoms with Crippen molar-refractivity contribution in [2.24, 2.45) is 0 Å². The Morgan fingerprint density at radius 3 is 2.46 bits per heavy atom. The lowest BCUT2D eigenvalue weighted by Gasteiger charge is -2.16. The summed E-state index contributed by atoms with van der Waals surface area (Å²) in [4.78, 5) is 34.8. The smallest absolute Gasteiger partial charge is 0.283 e. The van der Waals surface area contributed by atoms with Gasteiger partial charge in [-0.05, 0) is 68.1 Å². The molecule has 1 amide bonds. The van der Waals surface area contributed by atoms with Crippen molar-refractivity contribution in [1.29, 1.82) is 0 Å². The third-order valence-corrected chi connectivity index (χ3v) is 7.46. The lowest BCUT2D eigenvalue weighted by molar-refractivity contribution is -0.113. The van der Waals surface area contributed by atoms with Gasteiger partial charge in [0, 0.05) is 16.6 Å². The van der Waals surface area contributed by atoms with E-state index >= 15 is 0 Å². The van der Waals surface area contributed by atoms with Crippen LogP contribution in [0.5, 0.6) is 0 Å². The number of aryl methyl sites for hydroxylation is 2. The van der Waals surface area contributed by atoms with Crippen molar-refractivity contribution in [3.8, 4) is 5.69 Å². The quantitative estimate of drug-likeness (QED) is 0.244. The van der Waals surface area contributed by atoms with Crippen LogP contribution in [0.15, 0.2) is 70.6 Å². The molecular weight excluding hydrogens is 456 g/mol. The zero-order chi connectivity index (χ0) is 24.7. The molecule has 0 aliphatic rings. The topological polar surface area (TPSA) is 79.8 Å². The van der Waals surface area contributed by atoms with E-state index in [0.717, 1.165) is 44.5 Å². The zero-order valence-electron chi connectivity index (χ0n) is 20.1. The Morgan fingerprint density at radius 2 is 1.66 bits per heavy atom. The molecule has 0 spiro atoms. The maximum atomic E-state index is 13.8. The molecule has 0 fully saturated rings. The van der Waals surface area contributed by atoms with Crippen molar-refractivity contribution >= 4 is 45.3 Å². The van der Waals surface area contributed by atoms with Crippen LogP contribution in [0.25, 0.3) is 27.6 Å². The number of rotatable bonds is 5. The first-order chi connectivity index (χ1) is 16.8. The second-order valence-corrected chi connectivity index (χ2v) is 9.67. The molecule has 35 heavy (non-hydrogen) atoms. The average Bonchev–Trinajstić information content (AvgIpc) is 3.22. The Kier molecular flexibility index (Phi) is 5.94. The number of anilines is 1. The molecule has 0 saturated heterocycles. The molecule has 0 unspecified atom stereocenters. The number of H-pyrrole nitrogens is 1. The van der Waals surface area contributed by atoms with Gasteiger partial charge in [-0.3, -0.25) is 14.2 Å². The third-order valence-electron chi connectivity index (χ3n) is 6.52. The average molecular weight is 483 g/mol. The van der Waals surface area contributed by atoms with E-state index in [4.69, 9.17) is 4.98 Å². The molecule has 6 nitrogen and oxygen atoms in total. The summed E-state index contributed by atoms with van der Waals surface area (Å²) in [6, 6.07) is 19.4. The molecule has 0 bridgehead atoms. The predicted octanol–water partition coefficient (Wildman–Crippen LogP) is 5.83. The second-order valence-electron chi connectivity index (χ2n) is 8.73. The summed E-state index contributed by atoms with van der Waals surface area (Å²) < 4.78 is 1.62. The molecule has 5 aromatic rings. The lowest BCUT2D eigenvalue weighted by atomic mass is 10.1. The molecule has 0 aliphatic carbocycles. The van der Waals surface area contributed by atoms with E-state index in [-0.39, 0.29) is 17.2 Å². The molecule has 0 radical (unpaired) electrons. The van der Waals surface area contributed by atoms with Gasteiger partial charge in [-0.15, -0.1) is 0 Å². The number of para-hydroxylation sites is 1. The molecule has 0 aliphatic heterocycles. The van der Waals surface area contributed by atoms with Crippen molar-refractivity contribution in [2.45, 2.75) is 32.9 Å². The van der Waals surface area contributed by atoms with Crippen LogP contribution < -0.4 is 10.9 Å². The molecular formula is C28H26N4O2S. The van der Waals surface area contributed by atoms with E-state index in [1.165, 1.54) is 11.8 Å². The van der Waals surface area contributed by atoms with Crippen molar-refractivity contribution < 1.29 is 4.79 Å². The van der Waals surface area contributed by atoms with Crippen LogP contribution in [0, 0.1) is 27.7 Å². The third kappa shape index (κ3) is 4.12. The number of aromatic amines is 1. The number of nitrogens with one attached hydrogen (secondary N) is 2. The fraction of sp³-hybridized carbons (Fsp3) is 0.179. The first-order valence-corrected chi connectivity index (χ1v) is 12.4. The number of fused-ring (bicyclic) bond motifs is 3. The van der Waals surface area contributed by atoms with Gasteiger partial charge < -0.3 is 10.3 Å². The molecule has 2 N–H and O–H groups in total. The Hall–Kier alpha value is -3.84. The standard InChI is InChI=1S/C28H26N4O2S/c1-16-9-7-13-21(18(16)3)29-24(33)15-35-28-31-25-20-11-5-6-12-22(20)30-26(25)27(34)32(28)23-14-8-10-17(2)19(23)4/h5-14,30H,15H2,1-4H3,(H,29,33). The highest BCUT2D eigenvalue weighted by molar-refractivity contribution is 7.99. The molecule has 2 aromatic heterocycles. The number of carbonyl (C=O) groups is 1. The number of aromatic nitrogens is 3. The highest BCUT2D eigenvalue weighted by atomic mass is 32.2. The minimum absolute atomic E-state index is 0.124. The number of hydrogen-bond donors (Lipinski definition) is 2. The van der Waals surface area contributed by atoms with Crippen LogP contribution in [0.2, 0.25) is 0 Å². The minimum Gasteiger partial charge on any atom is -0.349 e. The van der Waals surface area contributed by atoms with E-state index in [2.05, 4.69) is 10.3 Å². The van der Waals surface area contributed by atoms with Gasteiger partial charge >= 0.3 is 0 Å². The van der Waals surface area contributed by atoms with Crippen molar-refractivity contribution in [3.63, 3.8) is 0 Å². The molecule has 3 aromatic carbocycles. The van der Waals surface area contributed by atoms with Crippen LogP contribution in [0.3, 0.4) is 0 Å². The van der Waals surface area contributed by atoms with Crippen LogP contribution in [-0.2, 0) is 4.79 Å². The molecule has 0 atom stereocenters. The molecule has 7 heteroatoms. The molecule has 0 saturated carbocycles. The van der Waals surface area contributed by atoms with Crippen LogP contribution in [-0.4, -0.2) is 26.2 Å². The zero-order valence-corrected chi connectivity index (χ0v) is 20.9. The highest BCUT2D eigenvalue weighted by Crippen LogP contribution is 2.28. The van der Waals surface area contributed by atoms with Crippen LogP contribution in [0.4, 0.5) is 5.69 Å². The van der Waals surface area contributed by atoms with Crippen LogP contribution >= 0.6 is 11.8 Å². The Labute approximate surface area is 207 Å². The number of nitrogens with zero attached hydrogens (tertiary/aromatic N) is 2. The normalized spacial score (nSPS) is 11.3. The van der Waals surface area contributed by atoms with Gasteiger partial charge in [-0.1, -0.05) is 54.2 Å². The number of carbonyl (C=O) groups excluding carboxylic acids is 1. The summed E-state index contributed by atoms with van der Waals surface area (Å²) in [5, 5.41) is 4.36. The lowest BCUT2D eigenvalue weighted by Crippen LogP contribution is -2.24. The second kappa shape index (κ2) is 9.07. The molecule has 5 rings (SSSR count). The van der Waals surface area contributed by atoms with E-state index < -0.39 is 0 Å². The number of thioether (sulfide) groups is 1. The fourth-order valence-electron chi connectivity index (χ4n) is 4.23. The highest BCUT2D eigenvalue weighted by Gasteiger charge is 2.19. The van der Waals surface area contributed by atoms with Gasteiger partial charge in [0.25, 0.3) is 5.56 Å². The summed E-state index contributed by atoms with van der Waals surface area (Å²) >= 11 is 1.26. The molecule has 2 heterocycles. The van der Waals surface area contributed by atoms with Crippen molar-refractivity contribution in [1.82, 2.24) is 14.5 Å². The predicted molar refractivity (Wildman–Crippen MR) is 144 cm³/mol. The van der Waals surface area contributed by atoms with Gasteiger partial charge in [-0.2, -0.15) is 0 Å². The van der Waals surface area contributed by atoms with Gasteiger partial charge in [0.2, 0.25) is 5.91 Å². The summed E-state index contributed by atoms with van der Waals surface area (Å²) in [5.74, 6) is -0.0251. The summed E-state index contributed by atoms with van der Waals surface area (Å²) in [6.45, 7) is 8.02. The maximum Gasteiger partial charge on any atom is 0.283 e. The Morgan fingerprint density at radius 1 is 0.943 bits per heavy atom. The Balaban J connectivity index is 1.59. The Bertz CT molecular complexity index is 1670. The van der Waals surface area contributed by atoms with E-state index in [9.17, 15) is 9.59 Å². The van der Waals surface area contributed by atoms with Gasteiger partial charge in [-0.25, -0.2) is 4.98 Å². The van der Waals surface area contributed by atoms with Crippen molar-refractivity contribution in [3.05, 3.63) is 93.3 Å². The monoisotopic (exact) mass is 482 g/mol. The SMILES string of the molecule is Cc1cccc(NC(=O)CSc2nc3c([nH]c4ccccc43)c(=O)n2-c2cccc(C)c2C)c1C. The summed E-state index contributed by atoms with van der Waals surface area (Å²) in [7, 11) is 0. The van der Waals surface area contributed by atoms with Gasteiger partial charge in [0.1, 0.15) is 11.0 Å². The van der Waals surface area contributed by atoms with Gasteiger partial charge in [0.15, 0.2) is 5.16 Å². The van der Waals surface area contributed by atoms with E-state index in [0.29, 0.717) is 16.2 Å². The van der Waals surface area contributed by atoms with E-state index in [1.807, 2.05) is 88.4 Å². The van der Waals surface area contributed by atoms with Gasteiger partial charge in [0.05, 0.1) is 11.4 Å². The largest absolute Gasteiger partial charge is 0.349 e. The fourth-order valence-corrected chi connectivity index (χ4v) is 5.03. The first kappa shape index (κ1) is 22.9. The summed E-state index contributed by atoms with van der Waals surface area (Å²) in [6.07, 6.45) is 0. The minimum atomic E-state index is -0.183. The van der Waals surface area contributed by atoms with E-state index in [1.54, 1.807) is 4.57 Å². The maximum absolute atomic E-state index is 13.8. The number of hydrogen-bond acceptors (Lipinski definition) is 4.